The highest BCUT2D eigenvalue weighted by atomic mass is 35.5. The number of hydrogen-bond acceptors (Lipinski definition) is 4. The van der Waals surface area contributed by atoms with E-state index in [-0.39, 0.29) is 0 Å². The van der Waals surface area contributed by atoms with Gasteiger partial charge in [-0.25, -0.2) is 0 Å². The van der Waals surface area contributed by atoms with Gasteiger partial charge < -0.3 is 15.8 Å². The van der Waals surface area contributed by atoms with Crippen LogP contribution >= 0.6 is 34.5 Å². The Balaban J connectivity index is 2.15. The standard InChI is InChI=1S/C16H16Cl2N2O3S/c1-7-9(3)24-16(13(7)14(19)21)20-15(22)8(2)23-12-5-4-10(17)6-11(12)18/h4-6,8H,1-3H3,(H2,19,21)(H,20,22)/t8-/m0/s1. The van der Waals surface area contributed by atoms with Crippen LogP contribution in [0, 0.1) is 13.8 Å². The summed E-state index contributed by atoms with van der Waals surface area (Å²) in [6.45, 7) is 5.22. The number of amides is 2. The van der Waals surface area contributed by atoms with E-state index < -0.39 is 17.9 Å². The zero-order chi connectivity index (χ0) is 18.0. The average Bonchev–Trinajstić information content (AvgIpc) is 2.76. The van der Waals surface area contributed by atoms with Crippen LogP contribution in [0.25, 0.3) is 0 Å². The van der Waals surface area contributed by atoms with Gasteiger partial charge in [-0.05, 0) is 44.5 Å². The summed E-state index contributed by atoms with van der Waals surface area (Å²) in [7, 11) is 0. The summed E-state index contributed by atoms with van der Waals surface area (Å²) in [4.78, 5) is 24.8. The molecule has 1 heterocycles. The molecule has 0 spiro atoms. The molecule has 0 radical (unpaired) electrons. The molecule has 3 N–H and O–H groups in total. The number of halogens is 2. The number of rotatable bonds is 5. The maximum absolute atomic E-state index is 12.3. The molecule has 0 aliphatic carbocycles. The normalized spacial score (nSPS) is 11.9. The minimum absolute atomic E-state index is 0.308. The van der Waals surface area contributed by atoms with Gasteiger partial charge in [-0.3, -0.25) is 9.59 Å². The number of benzene rings is 1. The predicted molar refractivity (Wildman–Crippen MR) is 97.5 cm³/mol. The van der Waals surface area contributed by atoms with Crippen LogP contribution in [0.1, 0.15) is 27.7 Å². The third-order valence-corrected chi connectivity index (χ3v) is 5.09. The Bertz CT molecular complexity index is 805. The number of nitrogens with two attached hydrogens (primary N) is 1. The first-order valence-electron chi connectivity index (χ1n) is 7.03. The molecule has 128 valence electrons. The summed E-state index contributed by atoms with van der Waals surface area (Å²) in [6.07, 6.45) is -0.827. The minimum Gasteiger partial charge on any atom is -0.479 e. The van der Waals surface area contributed by atoms with Crippen molar-refractivity contribution in [3.05, 3.63) is 44.2 Å². The number of hydrogen-bond donors (Lipinski definition) is 2. The van der Waals surface area contributed by atoms with Gasteiger partial charge in [0.25, 0.3) is 11.8 Å². The summed E-state index contributed by atoms with van der Waals surface area (Å²) < 4.78 is 5.56. The molecule has 2 amide bonds. The first kappa shape index (κ1) is 18.6. The second-order valence-corrected chi connectivity index (χ2v) is 7.24. The van der Waals surface area contributed by atoms with E-state index in [9.17, 15) is 9.59 Å². The van der Waals surface area contributed by atoms with E-state index in [4.69, 9.17) is 33.7 Å². The van der Waals surface area contributed by atoms with Crippen molar-refractivity contribution in [3.8, 4) is 5.75 Å². The lowest BCUT2D eigenvalue weighted by Gasteiger charge is -2.15. The molecule has 0 fully saturated rings. The van der Waals surface area contributed by atoms with Crippen molar-refractivity contribution >= 4 is 51.4 Å². The number of carbonyl (C=O) groups is 2. The van der Waals surface area contributed by atoms with Crippen LogP contribution in [0.3, 0.4) is 0 Å². The van der Waals surface area contributed by atoms with E-state index in [2.05, 4.69) is 5.32 Å². The molecule has 24 heavy (non-hydrogen) atoms. The van der Waals surface area contributed by atoms with Crippen LogP contribution in [-0.2, 0) is 4.79 Å². The molecule has 1 aromatic carbocycles. The first-order chi connectivity index (χ1) is 11.2. The summed E-state index contributed by atoms with van der Waals surface area (Å²) in [6, 6.07) is 4.73. The van der Waals surface area contributed by atoms with Gasteiger partial charge in [0.2, 0.25) is 0 Å². The average molecular weight is 387 g/mol. The Morgan fingerprint density at radius 2 is 1.96 bits per heavy atom. The van der Waals surface area contributed by atoms with Crippen molar-refractivity contribution in [2.24, 2.45) is 5.73 Å². The molecule has 2 rings (SSSR count). The van der Waals surface area contributed by atoms with Crippen LogP contribution < -0.4 is 15.8 Å². The number of nitrogens with one attached hydrogen (secondary N) is 1. The Morgan fingerprint density at radius 1 is 1.29 bits per heavy atom. The van der Waals surface area contributed by atoms with Crippen LogP contribution in [0.5, 0.6) is 5.75 Å². The van der Waals surface area contributed by atoms with Gasteiger partial charge in [0, 0.05) is 9.90 Å². The van der Waals surface area contributed by atoms with Crippen LogP contribution in [0.15, 0.2) is 18.2 Å². The fraction of sp³-hybridized carbons (Fsp3) is 0.250. The zero-order valence-electron chi connectivity index (χ0n) is 13.3. The molecule has 1 atom stereocenters. The number of carbonyl (C=O) groups excluding carboxylic acids is 2. The minimum atomic E-state index is -0.827. The third kappa shape index (κ3) is 4.01. The maximum Gasteiger partial charge on any atom is 0.265 e. The van der Waals surface area contributed by atoms with E-state index in [0.29, 0.717) is 26.4 Å². The fourth-order valence-electron chi connectivity index (χ4n) is 2.04. The van der Waals surface area contributed by atoms with Crippen molar-refractivity contribution in [1.29, 1.82) is 0 Å². The van der Waals surface area contributed by atoms with Crippen molar-refractivity contribution in [2.75, 3.05) is 5.32 Å². The van der Waals surface area contributed by atoms with E-state index in [1.807, 2.05) is 6.92 Å². The van der Waals surface area contributed by atoms with Crippen LogP contribution in [0.2, 0.25) is 10.0 Å². The Morgan fingerprint density at radius 3 is 2.54 bits per heavy atom. The number of aryl methyl sites for hydroxylation is 1. The van der Waals surface area contributed by atoms with E-state index >= 15 is 0 Å². The second-order valence-electron chi connectivity index (χ2n) is 5.18. The molecule has 0 aliphatic rings. The van der Waals surface area contributed by atoms with Gasteiger partial charge in [0.1, 0.15) is 10.8 Å². The Hall–Kier alpha value is -1.76. The van der Waals surface area contributed by atoms with Crippen molar-refractivity contribution in [3.63, 3.8) is 0 Å². The highest BCUT2D eigenvalue weighted by Gasteiger charge is 2.22. The number of ether oxygens (including phenoxy) is 1. The molecule has 0 unspecified atom stereocenters. The smallest absolute Gasteiger partial charge is 0.265 e. The lowest BCUT2D eigenvalue weighted by molar-refractivity contribution is -0.122. The predicted octanol–water partition coefficient (Wildman–Crippen LogP) is 4.18. The van der Waals surface area contributed by atoms with Gasteiger partial charge in [0.05, 0.1) is 10.6 Å². The topological polar surface area (TPSA) is 81.4 Å². The fourth-order valence-corrected chi connectivity index (χ4v) is 3.56. The summed E-state index contributed by atoms with van der Waals surface area (Å²) in [5.74, 6) is -0.649. The lowest BCUT2D eigenvalue weighted by atomic mass is 10.1. The summed E-state index contributed by atoms with van der Waals surface area (Å²) >= 11 is 13.1. The Labute approximate surface area is 153 Å². The number of thiophene rings is 1. The summed E-state index contributed by atoms with van der Waals surface area (Å²) in [5, 5.41) is 3.89. The van der Waals surface area contributed by atoms with Crippen molar-refractivity contribution < 1.29 is 14.3 Å². The molecule has 8 heteroatoms. The molecule has 0 saturated heterocycles. The largest absolute Gasteiger partial charge is 0.479 e. The second kappa shape index (κ2) is 7.42. The summed E-state index contributed by atoms with van der Waals surface area (Å²) in [5.41, 5.74) is 6.48. The Kier molecular flexibility index (Phi) is 5.74. The van der Waals surface area contributed by atoms with E-state index in [1.165, 1.54) is 17.4 Å². The molecular weight excluding hydrogens is 371 g/mol. The molecule has 1 aromatic heterocycles. The molecular formula is C16H16Cl2N2O3S. The van der Waals surface area contributed by atoms with Gasteiger partial charge in [-0.1, -0.05) is 23.2 Å². The number of primary amides is 1. The number of anilines is 1. The van der Waals surface area contributed by atoms with Gasteiger partial charge in [0.15, 0.2) is 6.10 Å². The molecule has 0 saturated carbocycles. The lowest BCUT2D eigenvalue weighted by Crippen LogP contribution is -2.30. The highest BCUT2D eigenvalue weighted by molar-refractivity contribution is 7.16. The SMILES string of the molecule is Cc1sc(NC(=O)[C@H](C)Oc2ccc(Cl)cc2Cl)c(C(N)=O)c1C. The quantitative estimate of drug-likeness (QED) is 0.808. The van der Waals surface area contributed by atoms with E-state index in [1.54, 1.807) is 26.0 Å². The van der Waals surface area contributed by atoms with Gasteiger partial charge in [-0.15, -0.1) is 11.3 Å². The van der Waals surface area contributed by atoms with Crippen molar-refractivity contribution in [1.82, 2.24) is 0 Å². The first-order valence-corrected chi connectivity index (χ1v) is 8.60. The zero-order valence-corrected chi connectivity index (χ0v) is 15.6. The van der Waals surface area contributed by atoms with Crippen LogP contribution in [0.4, 0.5) is 5.00 Å². The van der Waals surface area contributed by atoms with Crippen molar-refractivity contribution in [2.45, 2.75) is 26.9 Å². The van der Waals surface area contributed by atoms with Gasteiger partial charge in [-0.2, -0.15) is 0 Å². The maximum atomic E-state index is 12.3. The molecule has 0 bridgehead atoms. The highest BCUT2D eigenvalue weighted by Crippen LogP contribution is 2.32. The molecule has 0 aliphatic heterocycles. The molecule has 5 nitrogen and oxygen atoms in total. The third-order valence-electron chi connectivity index (χ3n) is 3.44. The van der Waals surface area contributed by atoms with Gasteiger partial charge >= 0.3 is 0 Å². The van der Waals surface area contributed by atoms with Crippen LogP contribution in [-0.4, -0.2) is 17.9 Å². The molecule has 2 aromatic rings. The monoisotopic (exact) mass is 386 g/mol. The van der Waals surface area contributed by atoms with E-state index in [0.717, 1.165) is 10.4 Å².